The minimum absolute atomic E-state index is 0.0511. The first-order valence-corrected chi connectivity index (χ1v) is 18.8. The van der Waals surface area contributed by atoms with Crippen molar-refractivity contribution in [2.45, 2.75) is 32.1 Å². The second-order valence-corrected chi connectivity index (χ2v) is 15.1. The van der Waals surface area contributed by atoms with E-state index in [0.717, 1.165) is 85.0 Å². The number of nitrogens with zero attached hydrogens (tertiary/aromatic N) is 4. The molecule has 54 heavy (non-hydrogen) atoms. The number of halogens is 2. The zero-order chi connectivity index (χ0) is 37.1. The second kappa shape index (κ2) is 13.7. The molecule has 12 heteroatoms. The molecule has 1 aliphatic carbocycles. The van der Waals surface area contributed by atoms with E-state index in [-0.39, 0.29) is 36.0 Å². The van der Waals surface area contributed by atoms with Crippen LogP contribution in [0.2, 0.25) is 0 Å². The first-order valence-electron chi connectivity index (χ1n) is 18.8. The SMILES string of the molecule is O=C1CCC(C2C(=O)c3ccc(N4CCN(CCC5CCN(c6c(F)cc(-c7ccc8c(c7)[nH]c7ccncc78)cc6F)CC5)CC4)cc3C2=O)C(=O)N1. The van der Waals surface area contributed by atoms with Crippen LogP contribution in [0.3, 0.4) is 0 Å². The molecular weight excluding hydrogens is 690 g/mol. The Morgan fingerprint density at radius 2 is 1.48 bits per heavy atom. The summed E-state index contributed by atoms with van der Waals surface area (Å²) in [5.41, 5.74) is 4.74. The number of hydrogen-bond acceptors (Lipinski definition) is 8. The van der Waals surface area contributed by atoms with Crippen molar-refractivity contribution in [3.63, 3.8) is 0 Å². The van der Waals surface area contributed by atoms with Gasteiger partial charge in [0.15, 0.2) is 11.6 Å². The monoisotopic (exact) mass is 730 g/mol. The van der Waals surface area contributed by atoms with Crippen molar-refractivity contribution in [2.24, 2.45) is 17.8 Å². The number of piperazine rings is 1. The molecule has 4 aliphatic rings. The average Bonchev–Trinajstić information content (AvgIpc) is 3.67. The van der Waals surface area contributed by atoms with Crippen LogP contribution in [0.1, 0.15) is 52.8 Å². The number of carbonyl (C=O) groups excluding carboxylic acids is 4. The number of H-pyrrole nitrogens is 1. The van der Waals surface area contributed by atoms with Gasteiger partial charge >= 0.3 is 0 Å². The maximum Gasteiger partial charge on any atom is 0.230 e. The van der Waals surface area contributed by atoms with Crippen molar-refractivity contribution in [1.82, 2.24) is 20.2 Å². The highest BCUT2D eigenvalue weighted by Gasteiger charge is 2.47. The largest absolute Gasteiger partial charge is 0.369 e. The molecule has 0 bridgehead atoms. The third kappa shape index (κ3) is 6.12. The van der Waals surface area contributed by atoms with Crippen LogP contribution < -0.4 is 15.1 Å². The minimum Gasteiger partial charge on any atom is -0.369 e. The molecule has 2 unspecified atom stereocenters. The highest BCUT2D eigenvalue weighted by Crippen LogP contribution is 2.38. The molecule has 0 radical (unpaired) electrons. The quantitative estimate of drug-likeness (QED) is 0.152. The van der Waals surface area contributed by atoms with Gasteiger partial charge in [-0.25, -0.2) is 8.78 Å². The van der Waals surface area contributed by atoms with E-state index in [1.54, 1.807) is 18.3 Å². The number of pyridine rings is 1. The molecule has 5 heterocycles. The Morgan fingerprint density at radius 3 is 2.24 bits per heavy atom. The lowest BCUT2D eigenvalue weighted by Gasteiger charge is -2.38. The summed E-state index contributed by atoms with van der Waals surface area (Å²) >= 11 is 0. The molecule has 9 rings (SSSR count). The van der Waals surface area contributed by atoms with Gasteiger partial charge in [0, 0.05) is 96.7 Å². The van der Waals surface area contributed by atoms with Gasteiger partial charge < -0.3 is 14.8 Å². The number of amides is 2. The summed E-state index contributed by atoms with van der Waals surface area (Å²) in [6.45, 7) is 5.41. The minimum atomic E-state index is -1.07. The van der Waals surface area contributed by atoms with Gasteiger partial charge in [0.25, 0.3) is 0 Å². The van der Waals surface area contributed by atoms with Crippen LogP contribution >= 0.6 is 0 Å². The Kier molecular flexibility index (Phi) is 8.72. The Labute approximate surface area is 310 Å². The second-order valence-electron chi connectivity index (χ2n) is 15.1. The van der Waals surface area contributed by atoms with Gasteiger partial charge in [0.05, 0.1) is 11.8 Å². The van der Waals surface area contributed by atoms with Gasteiger partial charge in [-0.05, 0) is 91.7 Å². The number of aromatic nitrogens is 2. The smallest absolute Gasteiger partial charge is 0.230 e. The van der Waals surface area contributed by atoms with E-state index in [0.29, 0.717) is 35.7 Å². The number of aromatic amines is 1. The van der Waals surface area contributed by atoms with Crippen LogP contribution in [0.5, 0.6) is 0 Å². The van der Waals surface area contributed by atoms with Gasteiger partial charge in [-0.15, -0.1) is 0 Å². The lowest BCUT2D eigenvalue weighted by molar-refractivity contribution is -0.137. The number of Topliss-reactive ketones (excluding diaryl/α,β-unsaturated/α-hetero) is 2. The maximum absolute atomic E-state index is 15.6. The fraction of sp³-hybridized carbons (Fsp3) is 0.357. The summed E-state index contributed by atoms with van der Waals surface area (Å²) in [6, 6.07) is 15.9. The van der Waals surface area contributed by atoms with Crippen LogP contribution in [-0.2, 0) is 9.59 Å². The highest BCUT2D eigenvalue weighted by atomic mass is 19.1. The molecule has 2 amide bonds. The van der Waals surface area contributed by atoms with E-state index >= 15 is 8.78 Å². The number of imide groups is 1. The number of rotatable bonds is 7. The zero-order valence-corrected chi connectivity index (χ0v) is 29.7. The van der Waals surface area contributed by atoms with E-state index in [2.05, 4.69) is 25.1 Å². The van der Waals surface area contributed by atoms with Crippen LogP contribution in [0.4, 0.5) is 20.2 Å². The van der Waals surface area contributed by atoms with Gasteiger partial charge in [-0.3, -0.25) is 34.4 Å². The Balaban J connectivity index is 0.770. The molecule has 3 aliphatic heterocycles. The van der Waals surface area contributed by atoms with Gasteiger partial charge in [0.2, 0.25) is 11.8 Å². The zero-order valence-electron chi connectivity index (χ0n) is 29.7. The Hall–Kier alpha value is -5.49. The van der Waals surface area contributed by atoms with E-state index in [9.17, 15) is 19.2 Å². The van der Waals surface area contributed by atoms with Crippen LogP contribution in [-0.4, -0.2) is 84.1 Å². The Morgan fingerprint density at radius 1 is 0.722 bits per heavy atom. The van der Waals surface area contributed by atoms with Crippen molar-refractivity contribution >= 4 is 56.6 Å². The summed E-state index contributed by atoms with van der Waals surface area (Å²) in [7, 11) is 0. The fourth-order valence-corrected chi connectivity index (χ4v) is 9.00. The third-order valence-electron chi connectivity index (χ3n) is 12.1. The van der Waals surface area contributed by atoms with Gasteiger partial charge in [-0.2, -0.15) is 0 Å². The first-order chi connectivity index (χ1) is 26.2. The lowest BCUT2D eigenvalue weighted by Crippen LogP contribution is -2.47. The molecule has 3 saturated heterocycles. The molecule has 276 valence electrons. The molecule has 5 aromatic rings. The maximum atomic E-state index is 15.6. The number of carbonyl (C=O) groups is 4. The summed E-state index contributed by atoms with van der Waals surface area (Å²) in [5.74, 6) is -4.10. The standard InChI is InChI=1S/C42H40F2N6O4/c43-33-19-26(25-1-3-28-32-23-45-11-7-35(32)46-36(28)21-25)20-34(44)39(33)50-13-9-24(10-14-50)8-12-48-15-17-49(18-16-48)27-2-4-29-31(22-27)41(53)38(40(29)52)30-5-6-37(51)47-42(30)54/h1-4,7,11,19-24,30,38,46H,5-6,8-10,12-18H2,(H,47,51,54). The summed E-state index contributed by atoms with van der Waals surface area (Å²) < 4.78 is 31.1. The molecule has 0 spiro atoms. The van der Waals surface area contributed by atoms with E-state index in [1.807, 2.05) is 41.4 Å². The molecular formula is C42H40F2N6O4. The Bertz CT molecular complexity index is 2320. The van der Waals surface area contributed by atoms with Crippen LogP contribution in [0, 0.1) is 29.4 Å². The molecule has 2 aromatic heterocycles. The van der Waals surface area contributed by atoms with Crippen molar-refractivity contribution < 1.29 is 28.0 Å². The number of hydrogen-bond donors (Lipinski definition) is 2. The number of fused-ring (bicyclic) bond motifs is 4. The first kappa shape index (κ1) is 34.3. The van der Waals surface area contributed by atoms with E-state index in [4.69, 9.17) is 0 Å². The molecule has 3 fully saturated rings. The normalized spacial score (nSPS) is 21.4. The van der Waals surface area contributed by atoms with Crippen molar-refractivity contribution in [3.05, 3.63) is 89.8 Å². The summed E-state index contributed by atoms with van der Waals surface area (Å²) in [4.78, 5) is 64.7. The predicted octanol–water partition coefficient (Wildman–Crippen LogP) is 6.14. The fourth-order valence-electron chi connectivity index (χ4n) is 9.00. The summed E-state index contributed by atoms with van der Waals surface area (Å²) in [6.07, 6.45) is 6.61. The number of piperidine rings is 2. The molecule has 2 atom stereocenters. The van der Waals surface area contributed by atoms with Crippen LogP contribution in [0.15, 0.2) is 67.0 Å². The van der Waals surface area contributed by atoms with Crippen molar-refractivity contribution in [2.75, 3.05) is 55.6 Å². The lowest BCUT2D eigenvalue weighted by atomic mass is 9.82. The van der Waals surface area contributed by atoms with Gasteiger partial charge in [-0.1, -0.05) is 12.1 Å². The number of anilines is 2. The highest BCUT2D eigenvalue weighted by molar-refractivity contribution is 6.28. The van der Waals surface area contributed by atoms with Crippen LogP contribution in [0.25, 0.3) is 32.9 Å². The van der Waals surface area contributed by atoms with Gasteiger partial charge in [0.1, 0.15) is 17.3 Å². The predicted molar refractivity (Wildman–Crippen MR) is 202 cm³/mol. The number of ketones is 2. The number of benzene rings is 3. The average molecular weight is 731 g/mol. The third-order valence-corrected chi connectivity index (χ3v) is 12.1. The van der Waals surface area contributed by atoms with Crippen molar-refractivity contribution in [3.8, 4) is 11.1 Å². The molecule has 2 N–H and O–H groups in total. The molecule has 10 nitrogen and oxygen atoms in total. The van der Waals surface area contributed by atoms with Crippen molar-refractivity contribution in [1.29, 1.82) is 0 Å². The molecule has 0 saturated carbocycles. The van der Waals surface area contributed by atoms with E-state index < -0.39 is 29.4 Å². The number of nitrogens with one attached hydrogen (secondary N) is 2. The summed E-state index contributed by atoms with van der Waals surface area (Å²) in [5, 5.41) is 4.30. The van der Waals surface area contributed by atoms with E-state index in [1.165, 1.54) is 12.1 Å². The topological polar surface area (TPSA) is 119 Å². The molecule has 3 aromatic carbocycles.